The molecule has 0 bridgehead atoms. The number of amides is 1. The molecule has 0 N–H and O–H groups in total. The number of carbonyl (C=O) groups is 1. The molecule has 1 unspecified atom stereocenters. The van der Waals surface area contributed by atoms with E-state index in [0.717, 1.165) is 25.4 Å². The Kier molecular flexibility index (Phi) is 4.69. The van der Waals surface area contributed by atoms with Gasteiger partial charge in [-0.3, -0.25) is 4.79 Å². The maximum absolute atomic E-state index is 12.7. The van der Waals surface area contributed by atoms with Crippen LogP contribution in [0.1, 0.15) is 57.8 Å². The fourth-order valence-corrected chi connectivity index (χ4v) is 4.26. The van der Waals surface area contributed by atoms with Gasteiger partial charge < -0.3 is 4.90 Å². The monoisotopic (exact) mass is 317 g/mol. The van der Waals surface area contributed by atoms with Crippen LogP contribution in [-0.2, 0) is 4.79 Å². The van der Waals surface area contributed by atoms with E-state index in [0.29, 0.717) is 25.2 Å². The van der Waals surface area contributed by atoms with Crippen molar-refractivity contribution >= 4 is 5.91 Å². The van der Waals surface area contributed by atoms with Crippen molar-refractivity contribution in [1.82, 2.24) is 4.90 Å². The number of likely N-dealkylation sites (tertiary alicyclic amines) is 1. The van der Waals surface area contributed by atoms with Gasteiger partial charge in [-0.05, 0) is 69.1 Å². The first-order valence-corrected chi connectivity index (χ1v) is 8.78. The van der Waals surface area contributed by atoms with E-state index in [2.05, 4.69) is 0 Å². The highest BCUT2D eigenvalue weighted by Gasteiger charge is 2.42. The van der Waals surface area contributed by atoms with Crippen molar-refractivity contribution in [3.63, 3.8) is 0 Å². The average Bonchev–Trinajstić information content (AvgIpc) is 3.32. The van der Waals surface area contributed by atoms with Crippen molar-refractivity contribution in [3.8, 4) is 0 Å². The molecule has 22 heavy (non-hydrogen) atoms. The minimum atomic E-state index is -4.06. The Morgan fingerprint density at radius 3 is 2.23 bits per heavy atom. The molecule has 0 spiro atoms. The number of hydrogen-bond acceptors (Lipinski definition) is 1. The normalized spacial score (nSPS) is 33.8. The van der Waals surface area contributed by atoms with Gasteiger partial charge in [-0.25, -0.2) is 0 Å². The third-order valence-electron chi connectivity index (χ3n) is 5.87. The summed E-state index contributed by atoms with van der Waals surface area (Å²) in [5.41, 5.74) is 0. The maximum atomic E-state index is 12.7. The first kappa shape index (κ1) is 16.1. The molecular formula is C17H26F3NO. The van der Waals surface area contributed by atoms with Crippen LogP contribution < -0.4 is 0 Å². The predicted molar refractivity (Wildman–Crippen MR) is 78.1 cm³/mol. The molecule has 3 aliphatic rings. The first-order chi connectivity index (χ1) is 10.4. The van der Waals surface area contributed by atoms with Crippen molar-refractivity contribution < 1.29 is 18.0 Å². The lowest BCUT2D eigenvalue weighted by atomic mass is 9.80. The molecule has 3 fully saturated rings. The second-order valence-electron chi connectivity index (χ2n) is 7.54. The van der Waals surface area contributed by atoms with Crippen LogP contribution in [0.2, 0.25) is 0 Å². The highest BCUT2D eigenvalue weighted by atomic mass is 19.4. The van der Waals surface area contributed by atoms with E-state index in [-0.39, 0.29) is 24.7 Å². The molecule has 126 valence electrons. The van der Waals surface area contributed by atoms with Gasteiger partial charge >= 0.3 is 6.18 Å². The van der Waals surface area contributed by atoms with Crippen LogP contribution in [0, 0.1) is 23.7 Å². The van der Waals surface area contributed by atoms with Gasteiger partial charge in [0.05, 0.1) is 5.92 Å². The zero-order valence-electron chi connectivity index (χ0n) is 13.1. The number of piperidine rings is 1. The SMILES string of the molecule is O=C(CC1CCC(C(F)(F)F)CC1)N1CCCC(C2CC2)C1. The van der Waals surface area contributed by atoms with E-state index in [1.54, 1.807) is 0 Å². The lowest BCUT2D eigenvalue weighted by Gasteiger charge is -2.35. The minimum Gasteiger partial charge on any atom is -0.342 e. The van der Waals surface area contributed by atoms with Crippen LogP contribution in [0.5, 0.6) is 0 Å². The van der Waals surface area contributed by atoms with Crippen LogP contribution in [0.15, 0.2) is 0 Å². The lowest BCUT2D eigenvalue weighted by Crippen LogP contribution is -2.41. The molecule has 1 heterocycles. The van der Waals surface area contributed by atoms with Crippen LogP contribution >= 0.6 is 0 Å². The van der Waals surface area contributed by atoms with E-state index in [1.807, 2.05) is 4.90 Å². The van der Waals surface area contributed by atoms with Gasteiger partial charge in [-0.2, -0.15) is 13.2 Å². The molecular weight excluding hydrogens is 291 g/mol. The van der Waals surface area contributed by atoms with Gasteiger partial charge in [0.1, 0.15) is 0 Å². The number of halogens is 3. The van der Waals surface area contributed by atoms with Crippen molar-refractivity contribution in [2.75, 3.05) is 13.1 Å². The topological polar surface area (TPSA) is 20.3 Å². The summed E-state index contributed by atoms with van der Waals surface area (Å²) in [4.78, 5) is 14.4. The molecule has 5 heteroatoms. The summed E-state index contributed by atoms with van der Waals surface area (Å²) >= 11 is 0. The highest BCUT2D eigenvalue weighted by molar-refractivity contribution is 5.76. The predicted octanol–water partition coefficient (Wildman–Crippen LogP) is 4.39. The Labute approximate surface area is 130 Å². The summed E-state index contributed by atoms with van der Waals surface area (Å²) in [6, 6.07) is 0. The van der Waals surface area contributed by atoms with Gasteiger partial charge in [0.25, 0.3) is 0 Å². The Balaban J connectivity index is 1.44. The van der Waals surface area contributed by atoms with Gasteiger partial charge in [-0.1, -0.05) is 0 Å². The number of rotatable bonds is 3. The summed E-state index contributed by atoms with van der Waals surface area (Å²) in [5.74, 6) is 0.706. The molecule has 2 aliphatic carbocycles. The average molecular weight is 317 g/mol. The molecule has 3 rings (SSSR count). The maximum Gasteiger partial charge on any atom is 0.391 e. The fourth-order valence-electron chi connectivity index (χ4n) is 4.26. The van der Waals surface area contributed by atoms with Gasteiger partial charge in [0.15, 0.2) is 0 Å². The Bertz CT molecular complexity index is 397. The molecule has 0 radical (unpaired) electrons. The fraction of sp³-hybridized carbons (Fsp3) is 0.941. The number of alkyl halides is 3. The number of nitrogens with zero attached hydrogens (tertiary/aromatic N) is 1. The van der Waals surface area contributed by atoms with Gasteiger partial charge in [0.2, 0.25) is 5.91 Å². The molecule has 1 amide bonds. The van der Waals surface area contributed by atoms with Gasteiger partial charge in [0, 0.05) is 19.5 Å². The number of carbonyl (C=O) groups excluding carboxylic acids is 1. The summed E-state index contributed by atoms with van der Waals surface area (Å²) in [7, 11) is 0. The Morgan fingerprint density at radius 2 is 1.64 bits per heavy atom. The summed E-state index contributed by atoms with van der Waals surface area (Å²) in [5, 5.41) is 0. The van der Waals surface area contributed by atoms with E-state index < -0.39 is 12.1 Å². The molecule has 1 saturated heterocycles. The quantitative estimate of drug-likeness (QED) is 0.756. The summed E-state index contributed by atoms with van der Waals surface area (Å²) in [6.07, 6.45) is 2.87. The van der Waals surface area contributed by atoms with Gasteiger partial charge in [-0.15, -0.1) is 0 Å². The van der Waals surface area contributed by atoms with Crippen LogP contribution in [0.4, 0.5) is 13.2 Å². The molecule has 2 nitrogen and oxygen atoms in total. The van der Waals surface area contributed by atoms with Crippen LogP contribution in [-0.4, -0.2) is 30.1 Å². The molecule has 0 aromatic rings. The summed E-state index contributed by atoms with van der Waals surface area (Å²) < 4.78 is 38.0. The molecule has 0 aromatic heterocycles. The zero-order chi connectivity index (χ0) is 15.7. The Morgan fingerprint density at radius 1 is 0.955 bits per heavy atom. The van der Waals surface area contributed by atoms with Crippen molar-refractivity contribution in [1.29, 1.82) is 0 Å². The molecule has 0 aromatic carbocycles. The van der Waals surface area contributed by atoms with Crippen LogP contribution in [0.3, 0.4) is 0 Å². The lowest BCUT2D eigenvalue weighted by molar-refractivity contribution is -0.184. The Hall–Kier alpha value is -0.740. The molecule has 1 aliphatic heterocycles. The largest absolute Gasteiger partial charge is 0.391 e. The van der Waals surface area contributed by atoms with Crippen molar-refractivity contribution in [3.05, 3.63) is 0 Å². The summed E-state index contributed by atoms with van der Waals surface area (Å²) in [6.45, 7) is 1.74. The standard InChI is InChI=1S/C17H26F3NO/c18-17(19,20)15-7-3-12(4-8-15)10-16(22)21-9-1-2-14(11-21)13-5-6-13/h12-15H,1-11H2. The molecule has 2 saturated carbocycles. The third-order valence-corrected chi connectivity index (χ3v) is 5.87. The third kappa shape index (κ3) is 3.96. The van der Waals surface area contributed by atoms with Crippen LogP contribution in [0.25, 0.3) is 0 Å². The van der Waals surface area contributed by atoms with E-state index in [9.17, 15) is 18.0 Å². The minimum absolute atomic E-state index is 0.160. The van der Waals surface area contributed by atoms with E-state index >= 15 is 0 Å². The zero-order valence-corrected chi connectivity index (χ0v) is 13.1. The number of hydrogen-bond donors (Lipinski definition) is 0. The second kappa shape index (κ2) is 6.40. The first-order valence-electron chi connectivity index (χ1n) is 8.78. The van der Waals surface area contributed by atoms with E-state index in [4.69, 9.17) is 0 Å². The smallest absolute Gasteiger partial charge is 0.342 e. The highest BCUT2D eigenvalue weighted by Crippen LogP contribution is 2.42. The van der Waals surface area contributed by atoms with Crippen molar-refractivity contribution in [2.24, 2.45) is 23.7 Å². The second-order valence-corrected chi connectivity index (χ2v) is 7.54. The van der Waals surface area contributed by atoms with E-state index in [1.165, 1.54) is 19.3 Å². The van der Waals surface area contributed by atoms with Crippen molar-refractivity contribution in [2.45, 2.75) is 64.0 Å². The molecule has 1 atom stereocenters.